The zero-order chi connectivity index (χ0) is 8.27. The molecule has 0 aliphatic carbocycles. The van der Waals surface area contributed by atoms with Crippen LogP contribution < -0.4 is 0 Å². The lowest BCUT2D eigenvalue weighted by molar-refractivity contribution is -0.137. The summed E-state index contributed by atoms with van der Waals surface area (Å²) in [7, 11) is 1.31. The first-order valence-corrected chi connectivity index (χ1v) is 4.21. The lowest BCUT2D eigenvalue weighted by Crippen LogP contribution is -2.09. The van der Waals surface area contributed by atoms with Gasteiger partial charge in [-0.2, -0.15) is 0 Å². The Hall–Kier alpha value is -0.710. The number of hydrogen-bond donors (Lipinski definition) is 0. The number of thioether (sulfide) groups is 1. The highest BCUT2D eigenvalue weighted by molar-refractivity contribution is 8.14. The van der Waals surface area contributed by atoms with Crippen molar-refractivity contribution in [3.05, 3.63) is 0 Å². The van der Waals surface area contributed by atoms with Crippen LogP contribution in [0.2, 0.25) is 0 Å². The predicted molar refractivity (Wildman–Crippen MR) is 41.4 cm³/mol. The van der Waals surface area contributed by atoms with Crippen molar-refractivity contribution in [2.24, 2.45) is 0 Å². The first kappa shape index (κ1) is 8.39. The molecule has 1 heterocycles. The number of carbonyl (C=O) groups is 2. The van der Waals surface area contributed by atoms with Gasteiger partial charge < -0.3 is 9.64 Å². The maximum absolute atomic E-state index is 10.9. The van der Waals surface area contributed by atoms with E-state index in [2.05, 4.69) is 4.74 Å². The molecule has 0 bridgehead atoms. The third-order valence-electron chi connectivity index (χ3n) is 1.25. The molecule has 1 aliphatic heterocycles. The van der Waals surface area contributed by atoms with Gasteiger partial charge in [-0.25, -0.2) is 0 Å². The van der Waals surface area contributed by atoms with E-state index in [1.165, 1.54) is 7.11 Å². The van der Waals surface area contributed by atoms with Crippen LogP contribution in [0.25, 0.3) is 0 Å². The molecule has 0 saturated carbocycles. The number of hydrogen-bond acceptors (Lipinski definition) is 4. The first-order valence-electron chi connectivity index (χ1n) is 3.22. The quantitative estimate of drug-likeness (QED) is 0.448. The molecular weight excluding hydrogens is 166 g/mol. The summed E-state index contributed by atoms with van der Waals surface area (Å²) in [5.74, 6) is -0.239. The highest BCUT2D eigenvalue weighted by Crippen LogP contribution is 2.15. The van der Waals surface area contributed by atoms with Gasteiger partial charge in [0.2, 0.25) is 0 Å². The number of carbonyl (C=O) groups excluding carboxylic acids is 2. The number of ether oxygens (including phenoxy) is 1. The van der Waals surface area contributed by atoms with Gasteiger partial charge in [-0.15, -0.1) is 0 Å². The largest absolute Gasteiger partial charge is 0.468 e. The summed E-state index contributed by atoms with van der Waals surface area (Å²) in [4.78, 5) is 23.1. The van der Waals surface area contributed by atoms with Gasteiger partial charge in [0.05, 0.1) is 7.11 Å². The highest BCUT2D eigenvalue weighted by atomic mass is 32.2. The molecule has 11 heavy (non-hydrogen) atoms. The molecule has 1 saturated heterocycles. The number of nitrogens with zero attached hydrogens (tertiary/aromatic N) is 1. The van der Waals surface area contributed by atoms with Crippen LogP contribution >= 0.6 is 11.8 Å². The SMILES string of the molecule is COC(=O)CSC(=O)N1CC1. The maximum Gasteiger partial charge on any atom is 0.316 e. The molecule has 0 aromatic carbocycles. The Morgan fingerprint density at radius 3 is 2.64 bits per heavy atom. The molecule has 0 aromatic heterocycles. The molecule has 0 radical (unpaired) electrons. The number of methoxy groups -OCH3 is 1. The van der Waals surface area contributed by atoms with Crippen LogP contribution in [0.4, 0.5) is 4.79 Å². The predicted octanol–water partition coefficient (Wildman–Crippen LogP) is 0.328. The summed E-state index contributed by atoms with van der Waals surface area (Å²) < 4.78 is 4.37. The third kappa shape index (κ3) is 2.80. The first-order chi connectivity index (χ1) is 5.24. The molecule has 62 valence electrons. The van der Waals surface area contributed by atoms with Crippen molar-refractivity contribution in [2.75, 3.05) is 26.0 Å². The Morgan fingerprint density at radius 1 is 1.55 bits per heavy atom. The molecule has 5 heteroatoms. The average Bonchev–Trinajstić information content (AvgIpc) is 2.81. The standard InChI is InChI=1S/C6H9NO3S/c1-10-5(8)4-11-6(9)7-2-3-7/h2-4H2,1H3. The van der Waals surface area contributed by atoms with E-state index >= 15 is 0 Å². The minimum atomic E-state index is -0.356. The van der Waals surface area contributed by atoms with E-state index in [1.807, 2.05) is 0 Å². The van der Waals surface area contributed by atoms with E-state index in [0.29, 0.717) is 0 Å². The van der Waals surface area contributed by atoms with Crippen molar-refractivity contribution in [2.45, 2.75) is 0 Å². The van der Waals surface area contributed by atoms with Crippen LogP contribution in [-0.2, 0) is 9.53 Å². The van der Waals surface area contributed by atoms with E-state index in [0.717, 1.165) is 24.9 Å². The summed E-state index contributed by atoms with van der Waals surface area (Å²) in [6.07, 6.45) is 0. The normalized spacial score (nSPS) is 14.5. The second-order valence-corrected chi connectivity index (χ2v) is 3.04. The summed E-state index contributed by atoms with van der Waals surface area (Å²) >= 11 is 0.992. The van der Waals surface area contributed by atoms with Crippen LogP contribution in [-0.4, -0.2) is 42.1 Å². The molecule has 1 amide bonds. The number of esters is 1. The van der Waals surface area contributed by atoms with E-state index in [4.69, 9.17) is 0 Å². The van der Waals surface area contributed by atoms with E-state index in [1.54, 1.807) is 4.90 Å². The molecule has 1 fully saturated rings. The Kier molecular flexibility index (Phi) is 2.76. The van der Waals surface area contributed by atoms with Crippen LogP contribution in [0.3, 0.4) is 0 Å². The molecule has 4 nitrogen and oxygen atoms in total. The smallest absolute Gasteiger partial charge is 0.316 e. The van der Waals surface area contributed by atoms with Crippen molar-refractivity contribution >= 4 is 23.0 Å². The second-order valence-electron chi connectivity index (χ2n) is 2.12. The molecule has 1 rings (SSSR count). The van der Waals surface area contributed by atoms with Crippen LogP contribution in [0.15, 0.2) is 0 Å². The molecule has 0 unspecified atom stereocenters. The Labute approximate surface area is 68.9 Å². The van der Waals surface area contributed by atoms with Gasteiger partial charge in [0.1, 0.15) is 5.75 Å². The zero-order valence-electron chi connectivity index (χ0n) is 6.20. The minimum Gasteiger partial charge on any atom is -0.468 e. The molecule has 0 atom stereocenters. The van der Waals surface area contributed by atoms with Gasteiger partial charge in [0.25, 0.3) is 5.24 Å². The Bertz CT molecular complexity index is 179. The lowest BCUT2D eigenvalue weighted by Gasteiger charge is -1.98. The summed E-state index contributed by atoms with van der Waals surface area (Å²) in [6, 6.07) is 0. The minimum absolute atomic E-state index is 0.0320. The topological polar surface area (TPSA) is 46.4 Å². The zero-order valence-corrected chi connectivity index (χ0v) is 7.02. The molecule has 1 aliphatic rings. The van der Waals surface area contributed by atoms with Gasteiger partial charge in [0, 0.05) is 13.1 Å². The third-order valence-corrected chi connectivity index (χ3v) is 2.13. The van der Waals surface area contributed by atoms with Crippen LogP contribution in [0, 0.1) is 0 Å². The second kappa shape index (κ2) is 3.61. The van der Waals surface area contributed by atoms with Gasteiger partial charge in [0.15, 0.2) is 0 Å². The van der Waals surface area contributed by atoms with Gasteiger partial charge in [-0.1, -0.05) is 11.8 Å². The fourth-order valence-corrected chi connectivity index (χ4v) is 1.23. The van der Waals surface area contributed by atoms with Crippen molar-refractivity contribution in [1.82, 2.24) is 4.90 Å². The van der Waals surface area contributed by atoms with Gasteiger partial charge >= 0.3 is 5.97 Å². The molecular formula is C6H9NO3S. The van der Waals surface area contributed by atoms with Crippen LogP contribution in [0.1, 0.15) is 0 Å². The van der Waals surface area contributed by atoms with E-state index < -0.39 is 0 Å². The van der Waals surface area contributed by atoms with Gasteiger partial charge in [-0.05, 0) is 0 Å². The van der Waals surface area contributed by atoms with Crippen molar-refractivity contribution in [1.29, 1.82) is 0 Å². The Balaban J connectivity index is 2.10. The van der Waals surface area contributed by atoms with Crippen molar-refractivity contribution < 1.29 is 14.3 Å². The van der Waals surface area contributed by atoms with Crippen molar-refractivity contribution in [3.63, 3.8) is 0 Å². The fraction of sp³-hybridized carbons (Fsp3) is 0.667. The summed E-state index contributed by atoms with van der Waals surface area (Å²) in [6.45, 7) is 1.65. The molecule has 0 aromatic rings. The highest BCUT2D eigenvalue weighted by Gasteiger charge is 2.24. The number of rotatable bonds is 2. The molecule has 0 spiro atoms. The van der Waals surface area contributed by atoms with E-state index in [-0.39, 0.29) is 17.0 Å². The lowest BCUT2D eigenvalue weighted by atomic mass is 10.8. The van der Waals surface area contributed by atoms with E-state index in [9.17, 15) is 9.59 Å². The Morgan fingerprint density at radius 2 is 2.18 bits per heavy atom. The average molecular weight is 175 g/mol. The van der Waals surface area contributed by atoms with Gasteiger partial charge in [-0.3, -0.25) is 9.59 Å². The molecule has 0 N–H and O–H groups in total. The summed E-state index contributed by atoms with van der Waals surface area (Å²) in [5.41, 5.74) is 0. The van der Waals surface area contributed by atoms with Crippen LogP contribution in [0.5, 0.6) is 0 Å². The summed E-state index contributed by atoms with van der Waals surface area (Å²) in [5, 5.41) is -0.0320. The fourth-order valence-electron chi connectivity index (χ4n) is 0.503. The van der Waals surface area contributed by atoms with Crippen molar-refractivity contribution in [3.8, 4) is 0 Å². The monoisotopic (exact) mass is 175 g/mol. The maximum atomic E-state index is 10.9. The number of amides is 1.